The summed E-state index contributed by atoms with van der Waals surface area (Å²) in [5.74, 6) is -0.216. The molecule has 0 atom stereocenters. The molecule has 0 saturated carbocycles. The average Bonchev–Trinajstić information content (AvgIpc) is 2.16. The van der Waals surface area contributed by atoms with Gasteiger partial charge in [-0.3, -0.25) is 4.79 Å². The van der Waals surface area contributed by atoms with Gasteiger partial charge in [-0.05, 0) is 26.2 Å². The highest BCUT2D eigenvalue weighted by Gasteiger charge is 2.13. The van der Waals surface area contributed by atoms with Gasteiger partial charge >= 0.3 is 0 Å². The van der Waals surface area contributed by atoms with Crippen molar-refractivity contribution in [1.82, 2.24) is 4.90 Å². The van der Waals surface area contributed by atoms with Gasteiger partial charge in [0.1, 0.15) is 11.6 Å². The van der Waals surface area contributed by atoms with E-state index in [1.807, 2.05) is 0 Å². The van der Waals surface area contributed by atoms with Crippen molar-refractivity contribution in [3.63, 3.8) is 0 Å². The molecule has 0 N–H and O–H groups in total. The minimum absolute atomic E-state index is 0.0862. The van der Waals surface area contributed by atoms with E-state index in [0.717, 1.165) is 0 Å². The molecule has 82 valence electrons. The highest BCUT2D eigenvalue weighted by Crippen LogP contribution is 2.20. The molecule has 0 aliphatic heterocycles. The number of benzene rings is 1. The SMILES string of the molecule is COc1cc(F)ccc1C(=O)CN(C)C. The van der Waals surface area contributed by atoms with E-state index >= 15 is 0 Å². The minimum atomic E-state index is -0.409. The van der Waals surface area contributed by atoms with Gasteiger partial charge in [-0.25, -0.2) is 4.39 Å². The molecule has 0 aromatic heterocycles. The summed E-state index contributed by atoms with van der Waals surface area (Å²) in [4.78, 5) is 13.5. The van der Waals surface area contributed by atoms with Crippen molar-refractivity contribution in [1.29, 1.82) is 0 Å². The molecule has 4 heteroatoms. The fraction of sp³-hybridized carbons (Fsp3) is 0.364. The standard InChI is InChI=1S/C11H14FNO2/c1-13(2)7-10(14)9-5-4-8(12)6-11(9)15-3/h4-6H,7H2,1-3H3. The Balaban J connectivity index is 2.97. The Labute approximate surface area is 88.5 Å². The van der Waals surface area contributed by atoms with Crippen molar-refractivity contribution in [2.45, 2.75) is 0 Å². The molecule has 1 aromatic rings. The van der Waals surface area contributed by atoms with Crippen LogP contribution in [0.1, 0.15) is 10.4 Å². The number of carbonyl (C=O) groups is 1. The third kappa shape index (κ3) is 3.02. The van der Waals surface area contributed by atoms with Crippen LogP contribution in [0, 0.1) is 5.82 Å². The number of ketones is 1. The van der Waals surface area contributed by atoms with Crippen molar-refractivity contribution in [3.8, 4) is 5.75 Å². The Morgan fingerprint density at radius 2 is 2.13 bits per heavy atom. The summed E-state index contributed by atoms with van der Waals surface area (Å²) in [6, 6.07) is 3.91. The fourth-order valence-electron chi connectivity index (χ4n) is 1.27. The molecule has 1 aromatic carbocycles. The van der Waals surface area contributed by atoms with Crippen molar-refractivity contribution in [2.24, 2.45) is 0 Å². The van der Waals surface area contributed by atoms with Crippen LogP contribution in [0.25, 0.3) is 0 Å². The molecule has 3 nitrogen and oxygen atoms in total. The predicted molar refractivity (Wildman–Crippen MR) is 55.8 cm³/mol. The van der Waals surface area contributed by atoms with Gasteiger partial charge in [0.25, 0.3) is 0 Å². The molecule has 0 amide bonds. The minimum Gasteiger partial charge on any atom is -0.496 e. The number of hydrogen-bond acceptors (Lipinski definition) is 3. The van der Waals surface area contributed by atoms with Crippen molar-refractivity contribution in [3.05, 3.63) is 29.6 Å². The summed E-state index contributed by atoms with van der Waals surface area (Å²) in [7, 11) is 5.02. The van der Waals surface area contributed by atoms with Gasteiger partial charge in [-0.15, -0.1) is 0 Å². The number of methoxy groups -OCH3 is 1. The number of ether oxygens (including phenoxy) is 1. The molecule has 0 fully saturated rings. The summed E-state index contributed by atoms with van der Waals surface area (Å²) in [5, 5.41) is 0. The highest BCUT2D eigenvalue weighted by molar-refractivity contribution is 6.00. The highest BCUT2D eigenvalue weighted by atomic mass is 19.1. The molecule has 0 heterocycles. The second-order valence-corrected chi connectivity index (χ2v) is 3.51. The topological polar surface area (TPSA) is 29.5 Å². The molecule has 1 rings (SSSR count). The van der Waals surface area contributed by atoms with E-state index in [0.29, 0.717) is 5.56 Å². The zero-order chi connectivity index (χ0) is 11.4. The Hall–Kier alpha value is -1.42. The van der Waals surface area contributed by atoms with Gasteiger partial charge in [-0.1, -0.05) is 0 Å². The first-order valence-electron chi connectivity index (χ1n) is 4.56. The predicted octanol–water partition coefficient (Wildman–Crippen LogP) is 1.58. The van der Waals surface area contributed by atoms with Gasteiger partial charge in [0.15, 0.2) is 5.78 Å². The Bertz CT molecular complexity index is 364. The van der Waals surface area contributed by atoms with Gasteiger partial charge in [0, 0.05) is 6.07 Å². The third-order valence-electron chi connectivity index (χ3n) is 1.92. The molecule has 0 aliphatic carbocycles. The van der Waals surface area contributed by atoms with E-state index in [2.05, 4.69) is 0 Å². The smallest absolute Gasteiger partial charge is 0.180 e. The molecule has 0 saturated heterocycles. The van der Waals surface area contributed by atoms with Crippen molar-refractivity contribution >= 4 is 5.78 Å². The number of halogens is 1. The van der Waals surface area contributed by atoms with Gasteiger partial charge in [0.05, 0.1) is 19.2 Å². The quantitative estimate of drug-likeness (QED) is 0.708. The zero-order valence-electron chi connectivity index (χ0n) is 9.08. The largest absolute Gasteiger partial charge is 0.496 e. The monoisotopic (exact) mass is 211 g/mol. The first-order chi connectivity index (χ1) is 7.04. The molecule has 0 radical (unpaired) electrons. The fourth-order valence-corrected chi connectivity index (χ4v) is 1.27. The molecule has 0 aliphatic rings. The molecule has 0 unspecified atom stereocenters. The molecular formula is C11H14FNO2. The van der Waals surface area contributed by atoms with E-state index < -0.39 is 5.82 Å². The molecule has 0 spiro atoms. The van der Waals surface area contributed by atoms with Crippen LogP contribution in [0.3, 0.4) is 0 Å². The summed E-state index contributed by atoms with van der Waals surface area (Å²) in [6.07, 6.45) is 0. The maximum atomic E-state index is 12.9. The number of likely N-dealkylation sites (N-methyl/N-ethyl adjacent to an activating group) is 1. The molecular weight excluding hydrogens is 197 g/mol. The van der Waals surface area contributed by atoms with Gasteiger partial charge in [0.2, 0.25) is 0 Å². The second kappa shape index (κ2) is 4.89. The number of nitrogens with zero attached hydrogens (tertiary/aromatic N) is 1. The van der Waals surface area contributed by atoms with Crippen LogP contribution >= 0.6 is 0 Å². The Kier molecular flexibility index (Phi) is 3.80. The van der Waals surface area contributed by atoms with Crippen LogP contribution in [0.2, 0.25) is 0 Å². The van der Waals surface area contributed by atoms with Crippen LogP contribution in [0.15, 0.2) is 18.2 Å². The Morgan fingerprint density at radius 1 is 1.47 bits per heavy atom. The van der Waals surface area contributed by atoms with E-state index in [4.69, 9.17) is 4.74 Å². The lowest BCUT2D eigenvalue weighted by molar-refractivity contribution is 0.0955. The third-order valence-corrected chi connectivity index (χ3v) is 1.92. The lowest BCUT2D eigenvalue weighted by Crippen LogP contribution is -2.22. The van der Waals surface area contributed by atoms with Crippen LogP contribution < -0.4 is 4.74 Å². The second-order valence-electron chi connectivity index (χ2n) is 3.51. The summed E-state index contributed by atoms with van der Waals surface area (Å²) in [5.41, 5.74) is 0.410. The van der Waals surface area contributed by atoms with E-state index in [9.17, 15) is 9.18 Å². The van der Waals surface area contributed by atoms with E-state index in [1.165, 1.54) is 25.3 Å². The lowest BCUT2D eigenvalue weighted by atomic mass is 10.1. The summed E-state index contributed by atoms with van der Waals surface area (Å²) >= 11 is 0. The Morgan fingerprint density at radius 3 is 2.67 bits per heavy atom. The van der Waals surface area contributed by atoms with E-state index in [-0.39, 0.29) is 18.1 Å². The van der Waals surface area contributed by atoms with Crippen LogP contribution in [-0.4, -0.2) is 38.4 Å². The van der Waals surface area contributed by atoms with Gasteiger partial charge in [-0.2, -0.15) is 0 Å². The molecule has 15 heavy (non-hydrogen) atoms. The van der Waals surface area contributed by atoms with Crippen LogP contribution in [-0.2, 0) is 0 Å². The van der Waals surface area contributed by atoms with Gasteiger partial charge < -0.3 is 9.64 Å². The van der Waals surface area contributed by atoms with E-state index in [1.54, 1.807) is 19.0 Å². The lowest BCUT2D eigenvalue weighted by Gasteiger charge is -2.11. The zero-order valence-corrected chi connectivity index (χ0v) is 9.08. The number of rotatable bonds is 4. The summed E-state index contributed by atoms with van der Waals surface area (Å²) in [6.45, 7) is 0.280. The molecule has 0 bridgehead atoms. The van der Waals surface area contributed by atoms with Crippen molar-refractivity contribution in [2.75, 3.05) is 27.7 Å². The normalized spacial score (nSPS) is 10.5. The summed E-state index contributed by atoms with van der Waals surface area (Å²) < 4.78 is 17.8. The maximum Gasteiger partial charge on any atom is 0.180 e. The maximum absolute atomic E-state index is 12.9. The average molecular weight is 211 g/mol. The first kappa shape index (κ1) is 11.7. The van der Waals surface area contributed by atoms with Crippen LogP contribution in [0.5, 0.6) is 5.75 Å². The van der Waals surface area contributed by atoms with Crippen LogP contribution in [0.4, 0.5) is 4.39 Å². The van der Waals surface area contributed by atoms with Crippen molar-refractivity contribution < 1.29 is 13.9 Å². The number of Topliss-reactive ketones (excluding diaryl/α,β-unsaturated/α-hetero) is 1. The number of carbonyl (C=O) groups excluding carboxylic acids is 1. The number of hydrogen-bond donors (Lipinski definition) is 0. The first-order valence-corrected chi connectivity index (χ1v) is 4.56.